The van der Waals surface area contributed by atoms with Crippen molar-refractivity contribution in [3.63, 3.8) is 0 Å². The molecule has 0 saturated carbocycles. The number of nitrogens with zero attached hydrogens (tertiary/aromatic N) is 3. The average molecular weight is 387 g/mol. The Morgan fingerprint density at radius 1 is 1.11 bits per heavy atom. The molecular weight excluding hydrogens is 364 g/mol. The van der Waals surface area contributed by atoms with E-state index in [0.717, 1.165) is 12.1 Å². The molecule has 0 N–H and O–H groups in total. The second-order valence-corrected chi connectivity index (χ2v) is 7.18. The van der Waals surface area contributed by atoms with Gasteiger partial charge in [-0.3, -0.25) is 19.1 Å². The highest BCUT2D eigenvalue weighted by atomic mass is 19.1. The first-order chi connectivity index (χ1) is 13.4. The number of amides is 1. The molecule has 1 aliphatic heterocycles. The summed E-state index contributed by atoms with van der Waals surface area (Å²) in [5.74, 6) is -2.37. The van der Waals surface area contributed by atoms with Crippen molar-refractivity contribution in [2.24, 2.45) is 10.9 Å². The van der Waals surface area contributed by atoms with Crippen LogP contribution in [0.1, 0.15) is 41.8 Å². The summed E-state index contributed by atoms with van der Waals surface area (Å²) in [6, 6.07) is 8.41. The van der Waals surface area contributed by atoms with Crippen LogP contribution in [0.2, 0.25) is 0 Å². The molecule has 0 atom stereocenters. The molecule has 148 valence electrons. The van der Waals surface area contributed by atoms with Gasteiger partial charge >= 0.3 is 0 Å². The molecule has 0 unspecified atom stereocenters. The highest BCUT2D eigenvalue weighted by molar-refractivity contribution is 5.94. The van der Waals surface area contributed by atoms with Gasteiger partial charge in [-0.15, -0.1) is 0 Å². The van der Waals surface area contributed by atoms with Crippen LogP contribution in [0.15, 0.2) is 47.6 Å². The van der Waals surface area contributed by atoms with Crippen LogP contribution in [0.5, 0.6) is 0 Å². The summed E-state index contributed by atoms with van der Waals surface area (Å²) in [7, 11) is 0. The lowest BCUT2D eigenvalue weighted by molar-refractivity contribution is 0.0615. The number of halogens is 2. The van der Waals surface area contributed by atoms with E-state index in [0.29, 0.717) is 37.5 Å². The third-order valence-corrected chi connectivity index (χ3v) is 4.76. The summed E-state index contributed by atoms with van der Waals surface area (Å²) in [5.41, 5.74) is 0.455. The average Bonchev–Trinajstić information content (AvgIpc) is 2.67. The molecule has 1 aliphatic rings. The Morgan fingerprint density at radius 3 is 2.46 bits per heavy atom. The van der Waals surface area contributed by atoms with E-state index < -0.39 is 17.5 Å². The van der Waals surface area contributed by atoms with E-state index in [2.05, 4.69) is 4.99 Å². The minimum Gasteiger partial charge on any atom is -0.339 e. The zero-order chi connectivity index (χ0) is 20.3. The van der Waals surface area contributed by atoms with Crippen LogP contribution < -0.4 is 5.49 Å². The molecule has 1 aromatic carbocycles. The second-order valence-electron chi connectivity index (χ2n) is 7.18. The normalized spacial score (nSPS) is 15.9. The maximum Gasteiger partial charge on any atom is 0.256 e. The number of hydrogen-bond acceptors (Lipinski definition) is 3. The first kappa shape index (κ1) is 19.9. The van der Waals surface area contributed by atoms with E-state index in [1.165, 1.54) is 4.90 Å². The molecule has 1 saturated heterocycles. The summed E-state index contributed by atoms with van der Waals surface area (Å²) in [6.07, 6.45) is 2.67. The van der Waals surface area contributed by atoms with E-state index in [1.54, 1.807) is 22.9 Å². The Balaban J connectivity index is 1.70. The van der Waals surface area contributed by atoms with Crippen molar-refractivity contribution < 1.29 is 18.4 Å². The predicted octanol–water partition coefficient (Wildman–Crippen LogP) is 3.27. The summed E-state index contributed by atoms with van der Waals surface area (Å²) in [6.45, 7) is 4.58. The highest BCUT2D eigenvalue weighted by Crippen LogP contribution is 2.21. The Kier molecular flexibility index (Phi) is 6.02. The molecule has 7 heteroatoms. The number of carbonyl (C=O) groups excluding carboxylic acids is 2. The molecule has 2 aromatic rings. The fourth-order valence-corrected chi connectivity index (χ4v) is 3.35. The first-order valence-corrected chi connectivity index (χ1v) is 9.37. The van der Waals surface area contributed by atoms with Crippen LogP contribution in [0.3, 0.4) is 0 Å². The summed E-state index contributed by atoms with van der Waals surface area (Å²) in [4.78, 5) is 31.4. The molecule has 1 amide bonds. The van der Waals surface area contributed by atoms with Crippen LogP contribution >= 0.6 is 0 Å². The van der Waals surface area contributed by atoms with Gasteiger partial charge in [0, 0.05) is 37.3 Å². The van der Waals surface area contributed by atoms with Crippen molar-refractivity contribution in [3.05, 3.63) is 65.3 Å². The highest BCUT2D eigenvalue weighted by Gasteiger charge is 2.29. The van der Waals surface area contributed by atoms with Gasteiger partial charge < -0.3 is 4.90 Å². The van der Waals surface area contributed by atoms with E-state index in [9.17, 15) is 18.4 Å². The Bertz CT molecular complexity index is 945. The number of pyridine rings is 1. The van der Waals surface area contributed by atoms with Crippen molar-refractivity contribution in [2.75, 3.05) is 13.1 Å². The third kappa shape index (κ3) is 4.35. The Morgan fingerprint density at radius 2 is 1.82 bits per heavy atom. The number of hydrogen-bond donors (Lipinski definition) is 0. The topological polar surface area (TPSA) is 54.7 Å². The van der Waals surface area contributed by atoms with Gasteiger partial charge in [0.15, 0.2) is 0 Å². The number of benzene rings is 1. The van der Waals surface area contributed by atoms with Gasteiger partial charge in [0.25, 0.3) is 5.91 Å². The predicted molar refractivity (Wildman–Crippen MR) is 101 cm³/mol. The monoisotopic (exact) mass is 387 g/mol. The van der Waals surface area contributed by atoms with Gasteiger partial charge in [-0.1, -0.05) is 6.07 Å². The molecule has 28 heavy (non-hydrogen) atoms. The summed E-state index contributed by atoms with van der Waals surface area (Å²) in [5, 5.41) is 0. The van der Waals surface area contributed by atoms with Crippen molar-refractivity contribution in [3.8, 4) is 0 Å². The molecule has 0 aliphatic carbocycles. The fourth-order valence-electron chi connectivity index (χ4n) is 3.35. The first-order valence-electron chi connectivity index (χ1n) is 9.37. The van der Waals surface area contributed by atoms with Crippen LogP contribution in [0.25, 0.3) is 0 Å². The van der Waals surface area contributed by atoms with Crippen LogP contribution in [0.4, 0.5) is 8.78 Å². The maximum atomic E-state index is 13.9. The molecule has 1 fully saturated rings. The van der Waals surface area contributed by atoms with Gasteiger partial charge in [-0.05, 0) is 51.0 Å². The zero-order valence-electron chi connectivity index (χ0n) is 15.9. The van der Waals surface area contributed by atoms with Crippen molar-refractivity contribution >= 4 is 11.8 Å². The van der Waals surface area contributed by atoms with Gasteiger partial charge in [0.05, 0.1) is 5.56 Å². The fraction of sp³-hybridized carbons (Fsp3) is 0.381. The number of aromatic nitrogens is 1. The maximum absolute atomic E-state index is 13.9. The second kappa shape index (κ2) is 8.46. The SMILES string of the molecule is CC(C)N=c1ccccn1C(=O)C1CCN(C(=O)c2ccc(F)cc2F)CC1. The third-order valence-electron chi connectivity index (χ3n) is 4.76. The molecular formula is C21H23F2N3O2. The van der Waals surface area contributed by atoms with Gasteiger partial charge in [-0.2, -0.15) is 0 Å². The Labute approximate surface area is 162 Å². The lowest BCUT2D eigenvalue weighted by Crippen LogP contribution is -2.43. The van der Waals surface area contributed by atoms with E-state index in [-0.39, 0.29) is 23.4 Å². The molecule has 0 radical (unpaired) electrons. The van der Waals surface area contributed by atoms with Crippen LogP contribution in [-0.2, 0) is 0 Å². The summed E-state index contributed by atoms with van der Waals surface area (Å²) >= 11 is 0. The van der Waals surface area contributed by atoms with Crippen LogP contribution in [-0.4, -0.2) is 40.4 Å². The molecule has 3 rings (SSSR count). The lowest BCUT2D eigenvalue weighted by atomic mass is 9.95. The molecule has 2 heterocycles. The summed E-state index contributed by atoms with van der Waals surface area (Å²) < 4.78 is 28.5. The number of rotatable bonds is 3. The molecule has 0 bridgehead atoms. The number of piperidine rings is 1. The molecule has 1 aromatic heterocycles. The van der Waals surface area contributed by atoms with Crippen LogP contribution in [0, 0.1) is 17.6 Å². The molecule has 5 nitrogen and oxygen atoms in total. The van der Waals surface area contributed by atoms with Crippen molar-refractivity contribution in [2.45, 2.75) is 32.7 Å². The molecule has 0 spiro atoms. The minimum atomic E-state index is -0.872. The largest absolute Gasteiger partial charge is 0.339 e. The minimum absolute atomic E-state index is 0.0555. The smallest absolute Gasteiger partial charge is 0.256 e. The number of likely N-dealkylation sites (tertiary alicyclic amines) is 1. The Hall–Kier alpha value is -2.83. The standard InChI is InChI=1S/C21H23F2N3O2/c1-14(2)24-19-5-3-4-10-26(19)20(27)15-8-11-25(12-9-15)21(28)17-7-6-16(22)13-18(17)23/h3-7,10,13-15H,8-9,11-12H2,1-2H3. The quantitative estimate of drug-likeness (QED) is 0.812. The van der Waals surface area contributed by atoms with Gasteiger partial charge in [-0.25, -0.2) is 8.78 Å². The van der Waals surface area contributed by atoms with E-state index >= 15 is 0 Å². The van der Waals surface area contributed by atoms with Gasteiger partial charge in [0.2, 0.25) is 5.91 Å². The lowest BCUT2D eigenvalue weighted by Gasteiger charge is -2.31. The van der Waals surface area contributed by atoms with Crippen molar-refractivity contribution in [1.29, 1.82) is 0 Å². The van der Waals surface area contributed by atoms with E-state index in [1.807, 2.05) is 19.9 Å². The number of carbonyl (C=O) groups is 2. The van der Waals surface area contributed by atoms with Gasteiger partial charge in [0.1, 0.15) is 17.1 Å². The van der Waals surface area contributed by atoms with Crippen molar-refractivity contribution in [1.82, 2.24) is 9.47 Å². The zero-order valence-corrected chi connectivity index (χ0v) is 15.9. The van der Waals surface area contributed by atoms with E-state index in [4.69, 9.17) is 0 Å².